The van der Waals surface area contributed by atoms with Crippen molar-refractivity contribution in [1.29, 1.82) is 0 Å². The van der Waals surface area contributed by atoms with Crippen molar-refractivity contribution in [1.82, 2.24) is 5.32 Å². The number of carbonyl (C=O) groups excluding carboxylic acids is 1. The fraction of sp³-hybridized carbons (Fsp3) is 0.846. The highest BCUT2D eigenvalue weighted by Gasteiger charge is 2.25. The number of alkyl carbamates (subject to hydrolysis) is 1. The van der Waals surface area contributed by atoms with Crippen molar-refractivity contribution in [3.05, 3.63) is 0 Å². The van der Waals surface area contributed by atoms with Crippen LogP contribution in [0.25, 0.3) is 0 Å². The van der Waals surface area contributed by atoms with Gasteiger partial charge in [0.05, 0.1) is 12.5 Å². The Morgan fingerprint density at radius 3 is 2.50 bits per heavy atom. The number of hydrogen-bond donors (Lipinski definition) is 2. The van der Waals surface area contributed by atoms with Crippen LogP contribution in [0.5, 0.6) is 0 Å². The molecule has 0 aromatic rings. The second-order valence-corrected chi connectivity index (χ2v) is 4.93. The highest BCUT2D eigenvalue weighted by Crippen LogP contribution is 2.28. The second-order valence-electron chi connectivity index (χ2n) is 4.93. The molecule has 0 radical (unpaired) electrons. The Kier molecular flexibility index (Phi) is 6.54. The van der Waals surface area contributed by atoms with Crippen molar-refractivity contribution in [3.8, 4) is 0 Å². The topological polar surface area (TPSA) is 75.6 Å². The van der Waals surface area contributed by atoms with Crippen molar-refractivity contribution in [2.24, 2.45) is 11.8 Å². The third kappa shape index (κ3) is 5.38. The molecule has 0 heterocycles. The maximum Gasteiger partial charge on any atom is 0.407 e. The molecular formula is C13H23NO4. The van der Waals surface area contributed by atoms with E-state index in [1.807, 2.05) is 6.92 Å². The number of rotatable bonds is 6. The Bertz CT molecular complexity index is 272. The fourth-order valence-electron chi connectivity index (χ4n) is 2.20. The van der Waals surface area contributed by atoms with Gasteiger partial charge >= 0.3 is 12.1 Å². The second kappa shape index (κ2) is 7.95. The molecule has 1 saturated carbocycles. The first-order chi connectivity index (χ1) is 8.63. The molecule has 1 aliphatic rings. The van der Waals surface area contributed by atoms with Gasteiger partial charge in [-0.15, -0.1) is 0 Å². The van der Waals surface area contributed by atoms with Crippen LogP contribution in [0.3, 0.4) is 0 Å². The maximum atomic E-state index is 11.3. The summed E-state index contributed by atoms with van der Waals surface area (Å²) in [4.78, 5) is 22.1. The van der Waals surface area contributed by atoms with Crippen molar-refractivity contribution < 1.29 is 19.4 Å². The molecular weight excluding hydrogens is 234 g/mol. The standard InChI is InChI=1S/C13H23NO4/c1-2-3-8-18-13(17)14-9-10-4-6-11(7-5-10)12(15)16/h10-11H,2-9H2,1H3,(H,14,17)(H,15,16). The van der Waals surface area contributed by atoms with Gasteiger partial charge in [-0.25, -0.2) is 4.79 Å². The predicted octanol–water partition coefficient (Wildman–Crippen LogP) is 2.40. The molecule has 104 valence electrons. The Morgan fingerprint density at radius 2 is 1.94 bits per heavy atom. The van der Waals surface area contributed by atoms with E-state index < -0.39 is 5.97 Å². The van der Waals surface area contributed by atoms with Gasteiger partial charge in [0.15, 0.2) is 0 Å². The quantitative estimate of drug-likeness (QED) is 0.716. The van der Waals surface area contributed by atoms with Crippen molar-refractivity contribution in [2.75, 3.05) is 13.2 Å². The van der Waals surface area contributed by atoms with E-state index in [1.165, 1.54) is 0 Å². The zero-order valence-electron chi connectivity index (χ0n) is 11.0. The maximum absolute atomic E-state index is 11.3. The molecule has 1 aliphatic carbocycles. The van der Waals surface area contributed by atoms with Crippen LogP contribution in [0.2, 0.25) is 0 Å². The third-order valence-electron chi connectivity index (χ3n) is 3.46. The van der Waals surface area contributed by atoms with Gasteiger partial charge in [-0.3, -0.25) is 4.79 Å². The minimum absolute atomic E-state index is 0.197. The molecule has 0 spiro atoms. The zero-order chi connectivity index (χ0) is 13.4. The lowest BCUT2D eigenvalue weighted by Crippen LogP contribution is -2.32. The monoisotopic (exact) mass is 257 g/mol. The molecule has 1 fully saturated rings. The number of hydrogen-bond acceptors (Lipinski definition) is 3. The summed E-state index contributed by atoms with van der Waals surface area (Å²) in [7, 11) is 0. The summed E-state index contributed by atoms with van der Waals surface area (Å²) >= 11 is 0. The average Bonchev–Trinajstić information content (AvgIpc) is 2.37. The largest absolute Gasteiger partial charge is 0.481 e. The first-order valence-corrected chi connectivity index (χ1v) is 6.77. The Morgan fingerprint density at radius 1 is 1.28 bits per heavy atom. The highest BCUT2D eigenvalue weighted by molar-refractivity contribution is 5.70. The highest BCUT2D eigenvalue weighted by atomic mass is 16.5. The number of carboxylic acids is 1. The summed E-state index contributed by atoms with van der Waals surface area (Å²) in [5.74, 6) is -0.502. The van der Waals surface area contributed by atoms with Crippen LogP contribution < -0.4 is 5.32 Å². The van der Waals surface area contributed by atoms with Crippen molar-refractivity contribution in [2.45, 2.75) is 45.4 Å². The molecule has 0 aliphatic heterocycles. The minimum Gasteiger partial charge on any atom is -0.481 e. The van der Waals surface area contributed by atoms with E-state index in [-0.39, 0.29) is 12.0 Å². The minimum atomic E-state index is -0.694. The SMILES string of the molecule is CCCCOC(=O)NCC1CCC(C(=O)O)CC1. The summed E-state index contributed by atoms with van der Waals surface area (Å²) in [5, 5.41) is 11.6. The van der Waals surface area contributed by atoms with Crippen LogP contribution >= 0.6 is 0 Å². The molecule has 0 atom stereocenters. The third-order valence-corrected chi connectivity index (χ3v) is 3.46. The van der Waals surface area contributed by atoms with Crippen molar-refractivity contribution in [3.63, 3.8) is 0 Å². The number of amides is 1. The van der Waals surface area contributed by atoms with E-state index in [2.05, 4.69) is 5.32 Å². The van der Waals surface area contributed by atoms with Crippen LogP contribution in [-0.4, -0.2) is 30.3 Å². The van der Waals surface area contributed by atoms with Gasteiger partial charge in [0.2, 0.25) is 0 Å². The summed E-state index contributed by atoms with van der Waals surface area (Å²) in [6, 6.07) is 0. The lowest BCUT2D eigenvalue weighted by Gasteiger charge is -2.25. The van der Waals surface area contributed by atoms with E-state index >= 15 is 0 Å². The Hall–Kier alpha value is -1.26. The van der Waals surface area contributed by atoms with Gasteiger partial charge in [-0.2, -0.15) is 0 Å². The summed E-state index contributed by atoms with van der Waals surface area (Å²) in [5.41, 5.74) is 0. The van der Waals surface area contributed by atoms with Gasteiger partial charge in [-0.05, 0) is 38.0 Å². The normalized spacial score (nSPS) is 23.4. The van der Waals surface area contributed by atoms with Crippen LogP contribution in [0.4, 0.5) is 4.79 Å². The van der Waals surface area contributed by atoms with Crippen LogP contribution in [0.1, 0.15) is 45.4 Å². The summed E-state index contributed by atoms with van der Waals surface area (Å²) < 4.78 is 4.99. The van der Waals surface area contributed by atoms with Crippen LogP contribution in [-0.2, 0) is 9.53 Å². The molecule has 0 bridgehead atoms. The lowest BCUT2D eigenvalue weighted by atomic mass is 9.82. The average molecular weight is 257 g/mol. The van der Waals surface area contributed by atoms with Gasteiger partial charge < -0.3 is 15.2 Å². The summed E-state index contributed by atoms with van der Waals surface area (Å²) in [6.07, 6.45) is 4.70. The van der Waals surface area contributed by atoms with E-state index in [1.54, 1.807) is 0 Å². The van der Waals surface area contributed by atoms with Crippen molar-refractivity contribution >= 4 is 12.1 Å². The Labute approximate surface area is 108 Å². The number of carboxylic acid groups (broad SMARTS) is 1. The van der Waals surface area contributed by atoms with E-state index in [0.717, 1.165) is 25.7 Å². The summed E-state index contributed by atoms with van der Waals surface area (Å²) in [6.45, 7) is 3.10. The first-order valence-electron chi connectivity index (χ1n) is 6.77. The smallest absolute Gasteiger partial charge is 0.407 e. The fourth-order valence-corrected chi connectivity index (χ4v) is 2.20. The molecule has 0 aromatic heterocycles. The van der Waals surface area contributed by atoms with E-state index in [0.29, 0.717) is 31.9 Å². The van der Waals surface area contributed by atoms with Gasteiger partial charge in [0.1, 0.15) is 0 Å². The number of aliphatic carboxylic acids is 1. The lowest BCUT2D eigenvalue weighted by molar-refractivity contribution is -0.143. The van der Waals surface area contributed by atoms with E-state index in [4.69, 9.17) is 9.84 Å². The first kappa shape index (κ1) is 14.8. The molecule has 0 saturated heterocycles. The van der Waals surface area contributed by atoms with Crippen LogP contribution in [0.15, 0.2) is 0 Å². The predicted molar refractivity (Wildman–Crippen MR) is 67.3 cm³/mol. The molecule has 1 rings (SSSR count). The number of ether oxygens (including phenoxy) is 1. The molecule has 0 aromatic carbocycles. The molecule has 1 amide bonds. The molecule has 0 unspecified atom stereocenters. The molecule has 2 N–H and O–H groups in total. The Balaban J connectivity index is 2.10. The molecule has 18 heavy (non-hydrogen) atoms. The number of unbranched alkanes of at least 4 members (excludes halogenated alkanes) is 1. The van der Waals surface area contributed by atoms with Crippen LogP contribution in [0, 0.1) is 11.8 Å². The van der Waals surface area contributed by atoms with Gasteiger partial charge in [0.25, 0.3) is 0 Å². The van der Waals surface area contributed by atoms with Gasteiger partial charge in [-0.1, -0.05) is 13.3 Å². The molecule has 5 heteroatoms. The molecule has 5 nitrogen and oxygen atoms in total. The number of nitrogens with one attached hydrogen (secondary N) is 1. The number of carbonyl (C=O) groups is 2. The zero-order valence-corrected chi connectivity index (χ0v) is 11.0. The van der Waals surface area contributed by atoms with Gasteiger partial charge in [0, 0.05) is 6.54 Å². The van der Waals surface area contributed by atoms with E-state index in [9.17, 15) is 9.59 Å².